The molecule has 0 fully saturated rings. The van der Waals surface area contributed by atoms with E-state index in [1.165, 1.54) is 0 Å². The molecule has 1 aromatic heterocycles. The number of nitrogens with one attached hydrogen (secondary N) is 1. The second-order valence-corrected chi connectivity index (χ2v) is 5.68. The monoisotopic (exact) mass is 309 g/mol. The van der Waals surface area contributed by atoms with Gasteiger partial charge in [0.1, 0.15) is 5.75 Å². The summed E-state index contributed by atoms with van der Waals surface area (Å²) in [5.74, 6) is 2.28. The van der Waals surface area contributed by atoms with E-state index in [9.17, 15) is 0 Å². The predicted molar refractivity (Wildman–Crippen MR) is 81.4 cm³/mol. The third kappa shape index (κ3) is 4.72. The Morgan fingerprint density at radius 3 is 2.86 bits per heavy atom. The Morgan fingerprint density at radius 1 is 1.38 bits per heavy atom. The molecule has 0 saturated carbocycles. The van der Waals surface area contributed by atoms with Gasteiger partial charge in [0, 0.05) is 12.1 Å². The molecule has 2 aromatic rings. The summed E-state index contributed by atoms with van der Waals surface area (Å²) in [6.07, 6.45) is 0. The van der Waals surface area contributed by atoms with Crippen LogP contribution in [-0.2, 0) is 13.2 Å². The van der Waals surface area contributed by atoms with E-state index in [1.807, 2.05) is 18.2 Å². The SMILES string of the molecule is Cc1noc(COc2c(Cl)cccc2CNCC(C)C)n1. The van der Waals surface area contributed by atoms with Gasteiger partial charge in [-0.05, 0) is 25.5 Å². The molecule has 2 rings (SSSR count). The number of aromatic nitrogens is 2. The number of rotatable bonds is 7. The lowest BCUT2D eigenvalue weighted by Crippen LogP contribution is -2.19. The van der Waals surface area contributed by atoms with Crippen molar-refractivity contribution in [3.05, 3.63) is 40.5 Å². The molecule has 1 aromatic carbocycles. The van der Waals surface area contributed by atoms with Crippen LogP contribution in [0.25, 0.3) is 0 Å². The number of para-hydroxylation sites is 1. The van der Waals surface area contributed by atoms with Crippen molar-refractivity contribution in [3.8, 4) is 5.75 Å². The fourth-order valence-electron chi connectivity index (χ4n) is 1.88. The van der Waals surface area contributed by atoms with Gasteiger partial charge in [-0.2, -0.15) is 4.98 Å². The fraction of sp³-hybridized carbons (Fsp3) is 0.467. The second kappa shape index (κ2) is 7.43. The highest BCUT2D eigenvalue weighted by atomic mass is 35.5. The van der Waals surface area contributed by atoms with E-state index in [2.05, 4.69) is 29.3 Å². The minimum Gasteiger partial charge on any atom is -0.482 e. The van der Waals surface area contributed by atoms with Gasteiger partial charge in [0.05, 0.1) is 5.02 Å². The van der Waals surface area contributed by atoms with Crippen molar-refractivity contribution in [1.82, 2.24) is 15.5 Å². The summed E-state index contributed by atoms with van der Waals surface area (Å²) < 4.78 is 10.8. The topological polar surface area (TPSA) is 60.2 Å². The molecule has 114 valence electrons. The molecule has 0 radical (unpaired) electrons. The van der Waals surface area contributed by atoms with Crippen molar-refractivity contribution >= 4 is 11.6 Å². The van der Waals surface area contributed by atoms with Crippen molar-refractivity contribution in [2.24, 2.45) is 5.92 Å². The van der Waals surface area contributed by atoms with Crippen molar-refractivity contribution in [2.45, 2.75) is 33.9 Å². The highest BCUT2D eigenvalue weighted by molar-refractivity contribution is 6.32. The van der Waals surface area contributed by atoms with Gasteiger partial charge in [-0.15, -0.1) is 0 Å². The molecule has 21 heavy (non-hydrogen) atoms. The Bertz CT molecular complexity index is 584. The quantitative estimate of drug-likeness (QED) is 0.850. The van der Waals surface area contributed by atoms with Crippen molar-refractivity contribution in [2.75, 3.05) is 6.54 Å². The molecule has 0 bridgehead atoms. The van der Waals surface area contributed by atoms with E-state index >= 15 is 0 Å². The Balaban J connectivity index is 2.02. The van der Waals surface area contributed by atoms with Crippen LogP contribution in [0.2, 0.25) is 5.02 Å². The molecule has 1 heterocycles. The lowest BCUT2D eigenvalue weighted by atomic mass is 10.2. The lowest BCUT2D eigenvalue weighted by Gasteiger charge is -2.13. The normalized spacial score (nSPS) is 11.1. The van der Waals surface area contributed by atoms with E-state index in [0.29, 0.717) is 34.9 Å². The van der Waals surface area contributed by atoms with E-state index in [-0.39, 0.29) is 6.61 Å². The van der Waals surface area contributed by atoms with Crippen LogP contribution in [0.4, 0.5) is 0 Å². The standard InChI is InChI=1S/C15H20ClN3O2/c1-10(2)7-17-8-12-5-4-6-13(16)15(12)20-9-14-18-11(3)19-21-14/h4-6,10,17H,7-9H2,1-3H3. The largest absolute Gasteiger partial charge is 0.482 e. The maximum atomic E-state index is 6.22. The molecule has 0 atom stereocenters. The summed E-state index contributed by atoms with van der Waals surface area (Å²) in [5, 5.41) is 7.69. The molecule has 6 heteroatoms. The van der Waals surface area contributed by atoms with Crippen LogP contribution >= 0.6 is 11.6 Å². The molecule has 0 spiro atoms. The van der Waals surface area contributed by atoms with E-state index in [4.69, 9.17) is 20.9 Å². The number of benzene rings is 1. The zero-order valence-corrected chi connectivity index (χ0v) is 13.3. The number of ether oxygens (including phenoxy) is 1. The number of nitrogens with zero attached hydrogens (tertiary/aromatic N) is 2. The molecule has 0 unspecified atom stereocenters. The van der Waals surface area contributed by atoms with Crippen LogP contribution < -0.4 is 10.1 Å². The molecule has 0 saturated heterocycles. The van der Waals surface area contributed by atoms with Crippen LogP contribution in [-0.4, -0.2) is 16.7 Å². The molecule has 0 aliphatic carbocycles. The minimum absolute atomic E-state index is 0.210. The van der Waals surface area contributed by atoms with Gasteiger partial charge in [-0.1, -0.05) is 42.7 Å². The summed E-state index contributed by atoms with van der Waals surface area (Å²) >= 11 is 6.22. The molecule has 1 N–H and O–H groups in total. The maximum absolute atomic E-state index is 6.22. The van der Waals surface area contributed by atoms with E-state index in [0.717, 1.165) is 12.1 Å². The molecule has 0 aliphatic heterocycles. The van der Waals surface area contributed by atoms with Gasteiger partial charge in [0.25, 0.3) is 5.89 Å². The van der Waals surface area contributed by atoms with E-state index in [1.54, 1.807) is 6.92 Å². The summed E-state index contributed by atoms with van der Waals surface area (Å²) in [4.78, 5) is 4.11. The van der Waals surface area contributed by atoms with Gasteiger partial charge in [-0.25, -0.2) is 0 Å². The van der Waals surface area contributed by atoms with Crippen LogP contribution in [0.5, 0.6) is 5.75 Å². The fourth-order valence-corrected chi connectivity index (χ4v) is 2.13. The minimum atomic E-state index is 0.210. The molecular weight excluding hydrogens is 290 g/mol. The third-order valence-corrected chi connectivity index (χ3v) is 3.12. The Kier molecular flexibility index (Phi) is 5.59. The Labute approximate surface area is 129 Å². The average Bonchev–Trinajstić information content (AvgIpc) is 2.83. The van der Waals surface area contributed by atoms with Crippen LogP contribution in [0.15, 0.2) is 22.7 Å². The van der Waals surface area contributed by atoms with Gasteiger partial charge < -0.3 is 14.6 Å². The number of aryl methyl sites for hydroxylation is 1. The highest BCUT2D eigenvalue weighted by Gasteiger charge is 2.11. The first-order chi connectivity index (χ1) is 10.1. The zero-order valence-electron chi connectivity index (χ0n) is 12.5. The summed E-state index contributed by atoms with van der Waals surface area (Å²) in [7, 11) is 0. The third-order valence-electron chi connectivity index (χ3n) is 2.83. The van der Waals surface area contributed by atoms with Crippen LogP contribution in [0.1, 0.15) is 31.1 Å². The smallest absolute Gasteiger partial charge is 0.264 e. The second-order valence-electron chi connectivity index (χ2n) is 5.28. The van der Waals surface area contributed by atoms with Gasteiger partial charge in [-0.3, -0.25) is 0 Å². The van der Waals surface area contributed by atoms with Crippen LogP contribution in [0.3, 0.4) is 0 Å². The summed E-state index contributed by atoms with van der Waals surface area (Å²) in [6.45, 7) is 7.96. The summed E-state index contributed by atoms with van der Waals surface area (Å²) in [6, 6.07) is 5.72. The Morgan fingerprint density at radius 2 is 2.19 bits per heavy atom. The first-order valence-corrected chi connectivity index (χ1v) is 7.34. The summed E-state index contributed by atoms with van der Waals surface area (Å²) in [5.41, 5.74) is 1.01. The van der Waals surface area contributed by atoms with Crippen molar-refractivity contribution in [1.29, 1.82) is 0 Å². The van der Waals surface area contributed by atoms with E-state index < -0.39 is 0 Å². The Hall–Kier alpha value is -1.59. The number of hydrogen-bond donors (Lipinski definition) is 1. The number of hydrogen-bond acceptors (Lipinski definition) is 5. The molecule has 0 aliphatic rings. The first-order valence-electron chi connectivity index (χ1n) is 6.96. The highest BCUT2D eigenvalue weighted by Crippen LogP contribution is 2.29. The van der Waals surface area contributed by atoms with Crippen molar-refractivity contribution < 1.29 is 9.26 Å². The first kappa shape index (κ1) is 15.8. The van der Waals surface area contributed by atoms with Gasteiger partial charge in [0.2, 0.25) is 0 Å². The van der Waals surface area contributed by atoms with Gasteiger partial charge in [0.15, 0.2) is 12.4 Å². The predicted octanol–water partition coefficient (Wildman–Crippen LogP) is 3.36. The zero-order chi connectivity index (χ0) is 15.2. The maximum Gasteiger partial charge on any atom is 0.264 e. The lowest BCUT2D eigenvalue weighted by molar-refractivity contribution is 0.240. The molecular formula is C15H20ClN3O2. The van der Waals surface area contributed by atoms with Crippen LogP contribution in [0, 0.1) is 12.8 Å². The van der Waals surface area contributed by atoms with Gasteiger partial charge >= 0.3 is 0 Å². The average molecular weight is 310 g/mol. The molecule has 0 amide bonds. The molecule has 5 nitrogen and oxygen atoms in total. The van der Waals surface area contributed by atoms with Crippen molar-refractivity contribution in [3.63, 3.8) is 0 Å². The number of halogens is 1.